The molecule has 6 nitrogen and oxygen atoms in total. The van der Waals surface area contributed by atoms with Gasteiger partial charge in [0.05, 0.1) is 12.3 Å². The Balaban J connectivity index is 2.06. The molecule has 0 bridgehead atoms. The van der Waals surface area contributed by atoms with E-state index in [1.54, 1.807) is 12.1 Å². The molecule has 7 heteroatoms. The van der Waals surface area contributed by atoms with Gasteiger partial charge >= 0.3 is 0 Å². The summed E-state index contributed by atoms with van der Waals surface area (Å²) in [5, 5.41) is 6.32. The first-order valence-corrected chi connectivity index (χ1v) is 7.01. The van der Waals surface area contributed by atoms with E-state index in [-0.39, 0.29) is 12.3 Å². The van der Waals surface area contributed by atoms with Crippen molar-refractivity contribution >= 4 is 10.0 Å². The summed E-state index contributed by atoms with van der Waals surface area (Å²) in [5.41, 5.74) is 0.766. The van der Waals surface area contributed by atoms with Gasteiger partial charge in [-0.2, -0.15) is 9.40 Å². The van der Waals surface area contributed by atoms with E-state index in [1.165, 1.54) is 17.7 Å². The first-order chi connectivity index (χ1) is 8.58. The molecule has 0 aliphatic heterocycles. The maximum absolute atomic E-state index is 12.1. The molecule has 0 saturated heterocycles. The van der Waals surface area contributed by atoms with Crippen LogP contribution in [0.25, 0.3) is 0 Å². The van der Waals surface area contributed by atoms with Crippen LogP contribution in [-0.2, 0) is 22.3 Å². The number of aromatic nitrogens is 3. The first-order valence-electron chi connectivity index (χ1n) is 5.40. The molecule has 0 fully saturated rings. The quantitative estimate of drug-likeness (QED) is 0.866. The second-order valence-electron chi connectivity index (χ2n) is 3.93. The van der Waals surface area contributed by atoms with E-state index in [2.05, 4.69) is 15.2 Å². The largest absolute Gasteiger partial charge is 0.262 e. The molecule has 1 heterocycles. The molecule has 0 radical (unpaired) electrons. The van der Waals surface area contributed by atoms with Crippen molar-refractivity contribution in [3.8, 4) is 0 Å². The van der Waals surface area contributed by atoms with Gasteiger partial charge in [0, 0.05) is 7.05 Å². The van der Waals surface area contributed by atoms with E-state index >= 15 is 0 Å². The predicted octanol–water partition coefficient (Wildman–Crippen LogP) is 0.766. The molecule has 0 aliphatic carbocycles. The lowest BCUT2D eigenvalue weighted by Gasteiger charge is -2.15. The van der Waals surface area contributed by atoms with Crippen LogP contribution in [0.5, 0.6) is 0 Å². The molecule has 0 amide bonds. The van der Waals surface area contributed by atoms with Gasteiger partial charge in [-0.3, -0.25) is 5.10 Å². The molecule has 1 aromatic heterocycles. The number of nitrogens with one attached hydrogen (secondary N) is 1. The van der Waals surface area contributed by atoms with E-state index in [9.17, 15) is 8.42 Å². The minimum Gasteiger partial charge on any atom is -0.262 e. The number of hydrogen-bond donors (Lipinski definition) is 1. The summed E-state index contributed by atoms with van der Waals surface area (Å²) in [6.07, 6.45) is 1.35. The van der Waals surface area contributed by atoms with Crippen molar-refractivity contribution in [3.05, 3.63) is 48.0 Å². The number of sulfonamides is 1. The fraction of sp³-hybridized carbons (Fsp3) is 0.273. The lowest BCUT2D eigenvalue weighted by Crippen LogP contribution is -2.28. The van der Waals surface area contributed by atoms with Gasteiger partial charge in [-0.1, -0.05) is 30.3 Å². The van der Waals surface area contributed by atoms with Crippen molar-refractivity contribution < 1.29 is 8.42 Å². The SMILES string of the molecule is CN(Cc1ncn[nH]1)S(=O)(=O)Cc1ccccc1. The highest BCUT2D eigenvalue weighted by molar-refractivity contribution is 7.88. The Hall–Kier alpha value is -1.73. The molecule has 0 atom stereocenters. The monoisotopic (exact) mass is 266 g/mol. The summed E-state index contributed by atoms with van der Waals surface area (Å²) < 4.78 is 25.4. The summed E-state index contributed by atoms with van der Waals surface area (Å²) in [6, 6.07) is 9.08. The molecule has 0 saturated carbocycles. The molecule has 0 spiro atoms. The third-order valence-corrected chi connectivity index (χ3v) is 4.28. The highest BCUT2D eigenvalue weighted by atomic mass is 32.2. The van der Waals surface area contributed by atoms with E-state index in [0.717, 1.165) is 5.56 Å². The van der Waals surface area contributed by atoms with Crippen molar-refractivity contribution in [2.45, 2.75) is 12.3 Å². The summed E-state index contributed by atoms with van der Waals surface area (Å²) in [6.45, 7) is 0.190. The highest BCUT2D eigenvalue weighted by Gasteiger charge is 2.19. The predicted molar refractivity (Wildman–Crippen MR) is 66.9 cm³/mol. The molecular formula is C11H14N4O2S. The van der Waals surface area contributed by atoms with Gasteiger partial charge in [0.25, 0.3) is 0 Å². The summed E-state index contributed by atoms with van der Waals surface area (Å²) in [7, 11) is -1.82. The zero-order chi connectivity index (χ0) is 13.0. The van der Waals surface area contributed by atoms with Gasteiger partial charge in [-0.15, -0.1) is 0 Å². The van der Waals surface area contributed by atoms with Crippen LogP contribution in [0.15, 0.2) is 36.7 Å². The third kappa shape index (κ3) is 3.14. The second-order valence-corrected chi connectivity index (χ2v) is 6.01. The molecule has 96 valence electrons. The van der Waals surface area contributed by atoms with Gasteiger partial charge in [-0.25, -0.2) is 13.4 Å². The maximum Gasteiger partial charge on any atom is 0.218 e. The lowest BCUT2D eigenvalue weighted by atomic mass is 10.2. The zero-order valence-corrected chi connectivity index (χ0v) is 10.8. The Morgan fingerprint density at radius 3 is 2.61 bits per heavy atom. The van der Waals surface area contributed by atoms with Crippen LogP contribution in [0.3, 0.4) is 0 Å². The van der Waals surface area contributed by atoms with Crippen LogP contribution in [0, 0.1) is 0 Å². The van der Waals surface area contributed by atoms with E-state index in [4.69, 9.17) is 0 Å². The molecule has 18 heavy (non-hydrogen) atoms. The smallest absolute Gasteiger partial charge is 0.218 e. The lowest BCUT2D eigenvalue weighted by molar-refractivity contribution is 0.456. The maximum atomic E-state index is 12.1. The van der Waals surface area contributed by atoms with Crippen LogP contribution in [0.1, 0.15) is 11.4 Å². The molecule has 1 aromatic carbocycles. The van der Waals surface area contributed by atoms with Crippen molar-refractivity contribution in [3.63, 3.8) is 0 Å². The number of aromatic amines is 1. The number of nitrogens with zero attached hydrogens (tertiary/aromatic N) is 3. The van der Waals surface area contributed by atoms with Crippen molar-refractivity contribution in [1.29, 1.82) is 0 Å². The molecule has 0 unspecified atom stereocenters. The van der Waals surface area contributed by atoms with Crippen molar-refractivity contribution in [2.24, 2.45) is 0 Å². The van der Waals surface area contributed by atoms with Crippen LogP contribution in [0.2, 0.25) is 0 Å². The highest BCUT2D eigenvalue weighted by Crippen LogP contribution is 2.10. The standard InChI is InChI=1S/C11H14N4O2S/c1-15(7-11-12-9-13-14-11)18(16,17)8-10-5-3-2-4-6-10/h2-6,9H,7-8H2,1H3,(H,12,13,14). The van der Waals surface area contributed by atoms with Gasteiger partial charge in [0.15, 0.2) is 0 Å². The average Bonchev–Trinajstić information content (AvgIpc) is 2.82. The minimum atomic E-state index is -3.34. The second kappa shape index (κ2) is 5.28. The summed E-state index contributed by atoms with van der Waals surface area (Å²) in [4.78, 5) is 3.90. The Morgan fingerprint density at radius 1 is 1.28 bits per heavy atom. The van der Waals surface area contributed by atoms with E-state index in [1.807, 2.05) is 18.2 Å². The number of rotatable bonds is 5. The molecule has 2 rings (SSSR count). The normalized spacial score (nSPS) is 11.9. The Morgan fingerprint density at radius 2 is 2.00 bits per heavy atom. The van der Waals surface area contributed by atoms with Crippen molar-refractivity contribution in [2.75, 3.05) is 7.05 Å². The number of hydrogen-bond acceptors (Lipinski definition) is 4. The van der Waals surface area contributed by atoms with Crippen LogP contribution in [0.4, 0.5) is 0 Å². The number of benzene rings is 1. The summed E-state index contributed by atoms with van der Waals surface area (Å²) >= 11 is 0. The minimum absolute atomic E-state index is 0.0154. The number of H-pyrrole nitrogens is 1. The van der Waals surface area contributed by atoms with Gasteiger partial charge in [0.1, 0.15) is 12.2 Å². The van der Waals surface area contributed by atoms with Crippen LogP contribution in [-0.4, -0.2) is 35.0 Å². The van der Waals surface area contributed by atoms with Crippen LogP contribution >= 0.6 is 0 Å². The van der Waals surface area contributed by atoms with E-state index in [0.29, 0.717) is 5.82 Å². The fourth-order valence-electron chi connectivity index (χ4n) is 1.51. The third-order valence-electron chi connectivity index (χ3n) is 2.50. The average molecular weight is 266 g/mol. The molecular weight excluding hydrogens is 252 g/mol. The van der Waals surface area contributed by atoms with E-state index < -0.39 is 10.0 Å². The molecule has 0 aliphatic rings. The topological polar surface area (TPSA) is 79.0 Å². The first kappa shape index (κ1) is 12.7. The molecule has 2 aromatic rings. The van der Waals surface area contributed by atoms with Crippen molar-refractivity contribution in [1.82, 2.24) is 19.5 Å². The zero-order valence-electron chi connectivity index (χ0n) is 9.94. The van der Waals surface area contributed by atoms with Crippen LogP contribution < -0.4 is 0 Å². The van der Waals surface area contributed by atoms with Gasteiger partial charge < -0.3 is 0 Å². The Labute approximate surface area is 106 Å². The fourth-order valence-corrected chi connectivity index (χ4v) is 2.66. The van der Waals surface area contributed by atoms with Gasteiger partial charge in [0.2, 0.25) is 10.0 Å². The Bertz CT molecular complexity index is 581. The van der Waals surface area contributed by atoms with Gasteiger partial charge in [-0.05, 0) is 5.56 Å². The molecule has 1 N–H and O–H groups in total. The summed E-state index contributed by atoms with van der Waals surface area (Å²) in [5.74, 6) is 0.507. The Kier molecular flexibility index (Phi) is 3.73.